The summed E-state index contributed by atoms with van der Waals surface area (Å²) in [6.45, 7) is 6.34. The smallest absolute Gasteiger partial charge is 0.299 e. The third-order valence-electron chi connectivity index (χ3n) is 3.68. The van der Waals surface area contributed by atoms with E-state index in [-0.39, 0.29) is 5.60 Å². The van der Waals surface area contributed by atoms with E-state index in [0.717, 1.165) is 11.3 Å². The molecule has 0 saturated heterocycles. The van der Waals surface area contributed by atoms with Crippen LogP contribution >= 0.6 is 0 Å². The molecule has 4 heteroatoms. The Morgan fingerprint density at radius 3 is 2.58 bits per heavy atom. The number of fused-ring (bicyclic) bond motifs is 1. The van der Waals surface area contributed by atoms with Gasteiger partial charge in [0.05, 0.1) is 16.9 Å². The zero-order valence-corrected chi connectivity index (χ0v) is 11.8. The van der Waals surface area contributed by atoms with E-state index in [1.165, 1.54) is 0 Å². The number of ether oxygens (including phenoxy) is 1. The Kier molecular flexibility index (Phi) is 3.45. The molecule has 0 aromatic heterocycles. The fourth-order valence-electron chi connectivity index (χ4n) is 2.24. The molecule has 0 bridgehead atoms. The fraction of sp³-hybridized carbons (Fsp3) is 0.467. The molecular formula is C15H19NO3. The van der Waals surface area contributed by atoms with Crippen molar-refractivity contribution >= 4 is 17.4 Å². The van der Waals surface area contributed by atoms with Crippen LogP contribution in [0.15, 0.2) is 18.2 Å². The zero-order chi connectivity index (χ0) is 14.2. The van der Waals surface area contributed by atoms with Crippen LogP contribution in [0.1, 0.15) is 36.2 Å². The van der Waals surface area contributed by atoms with Gasteiger partial charge in [-0.15, -0.1) is 0 Å². The molecule has 102 valence electrons. The topological polar surface area (TPSA) is 46.6 Å². The Hall–Kier alpha value is -1.68. The van der Waals surface area contributed by atoms with Gasteiger partial charge in [0.2, 0.25) is 0 Å². The van der Waals surface area contributed by atoms with Crippen LogP contribution in [0.5, 0.6) is 0 Å². The maximum atomic E-state index is 12.1. The van der Waals surface area contributed by atoms with E-state index >= 15 is 0 Å². The predicted molar refractivity (Wildman–Crippen MR) is 73.6 cm³/mol. The quantitative estimate of drug-likeness (QED) is 0.781. The minimum Gasteiger partial charge on any atom is -0.379 e. The van der Waals surface area contributed by atoms with Gasteiger partial charge in [-0.1, -0.05) is 12.1 Å². The molecule has 1 amide bonds. The minimum absolute atomic E-state index is 0.311. The summed E-state index contributed by atoms with van der Waals surface area (Å²) >= 11 is 0. The molecule has 19 heavy (non-hydrogen) atoms. The maximum Gasteiger partial charge on any atom is 0.299 e. The van der Waals surface area contributed by atoms with Gasteiger partial charge in [0.25, 0.3) is 11.7 Å². The SMILES string of the molecule is COC(C)(C)CCN1C(=O)C(=O)c2cccc(C)c21. The van der Waals surface area contributed by atoms with Crippen LogP contribution in [0.3, 0.4) is 0 Å². The van der Waals surface area contributed by atoms with Crippen LogP contribution in [-0.4, -0.2) is 30.9 Å². The van der Waals surface area contributed by atoms with Crippen LogP contribution in [0, 0.1) is 6.92 Å². The number of nitrogens with zero attached hydrogens (tertiary/aromatic N) is 1. The average molecular weight is 261 g/mol. The molecule has 1 aromatic rings. The van der Waals surface area contributed by atoms with E-state index in [2.05, 4.69) is 0 Å². The number of hydrogen-bond acceptors (Lipinski definition) is 3. The first kappa shape index (κ1) is 13.7. The molecule has 0 saturated carbocycles. The molecule has 1 aliphatic heterocycles. The number of methoxy groups -OCH3 is 1. The van der Waals surface area contributed by atoms with E-state index in [0.29, 0.717) is 18.5 Å². The summed E-state index contributed by atoms with van der Waals surface area (Å²) in [5, 5.41) is 0. The summed E-state index contributed by atoms with van der Waals surface area (Å²) in [6, 6.07) is 5.44. The number of anilines is 1. The van der Waals surface area contributed by atoms with Gasteiger partial charge in [-0.25, -0.2) is 0 Å². The van der Waals surface area contributed by atoms with Gasteiger partial charge in [-0.3, -0.25) is 9.59 Å². The second-order valence-electron chi connectivity index (χ2n) is 5.47. The Labute approximate surface area is 113 Å². The molecular weight excluding hydrogens is 242 g/mol. The van der Waals surface area contributed by atoms with Crippen LogP contribution in [0.25, 0.3) is 0 Å². The van der Waals surface area contributed by atoms with Crippen LogP contribution in [0.4, 0.5) is 5.69 Å². The maximum absolute atomic E-state index is 12.1. The molecule has 1 aromatic carbocycles. The van der Waals surface area contributed by atoms with Gasteiger partial charge in [-0.05, 0) is 38.8 Å². The van der Waals surface area contributed by atoms with Crippen LogP contribution in [-0.2, 0) is 9.53 Å². The molecule has 0 fully saturated rings. The fourth-order valence-corrected chi connectivity index (χ4v) is 2.24. The summed E-state index contributed by atoms with van der Waals surface area (Å²) in [4.78, 5) is 25.6. The van der Waals surface area contributed by atoms with Crippen molar-refractivity contribution < 1.29 is 14.3 Å². The summed E-state index contributed by atoms with van der Waals surface area (Å²) in [5.74, 6) is -0.842. The van der Waals surface area contributed by atoms with Crippen molar-refractivity contribution in [1.29, 1.82) is 0 Å². The first-order valence-electron chi connectivity index (χ1n) is 6.38. The van der Waals surface area contributed by atoms with E-state index in [1.807, 2.05) is 32.9 Å². The number of carbonyl (C=O) groups is 2. The van der Waals surface area contributed by atoms with Crippen molar-refractivity contribution in [3.05, 3.63) is 29.3 Å². The lowest BCUT2D eigenvalue weighted by atomic mass is 10.0. The summed E-state index contributed by atoms with van der Waals surface area (Å²) in [5.41, 5.74) is 1.91. The van der Waals surface area contributed by atoms with Crippen molar-refractivity contribution in [2.75, 3.05) is 18.6 Å². The number of rotatable bonds is 4. The monoisotopic (exact) mass is 261 g/mol. The van der Waals surface area contributed by atoms with Crippen molar-refractivity contribution in [2.24, 2.45) is 0 Å². The standard InChI is InChI=1S/C15H19NO3/c1-10-6-5-7-11-12(10)16(14(18)13(11)17)9-8-15(2,3)19-4/h5-7H,8-9H2,1-4H3. The van der Waals surface area contributed by atoms with Gasteiger partial charge >= 0.3 is 0 Å². The highest BCUT2D eigenvalue weighted by Crippen LogP contribution is 2.32. The number of amides is 1. The lowest BCUT2D eigenvalue weighted by Gasteiger charge is -2.26. The first-order chi connectivity index (χ1) is 8.87. The van der Waals surface area contributed by atoms with E-state index in [4.69, 9.17) is 4.74 Å². The lowest BCUT2D eigenvalue weighted by molar-refractivity contribution is -0.114. The highest BCUT2D eigenvalue weighted by Gasteiger charge is 2.37. The van der Waals surface area contributed by atoms with E-state index in [9.17, 15) is 9.59 Å². The second kappa shape index (κ2) is 4.78. The number of aryl methyl sites for hydroxylation is 1. The Morgan fingerprint density at radius 2 is 1.95 bits per heavy atom. The Bertz CT molecular complexity index is 534. The summed E-state index contributed by atoms with van der Waals surface area (Å²) in [7, 11) is 1.65. The lowest BCUT2D eigenvalue weighted by Crippen LogP contribution is -2.35. The minimum atomic E-state index is -0.434. The number of hydrogen-bond donors (Lipinski definition) is 0. The van der Waals surface area contributed by atoms with Crippen molar-refractivity contribution in [3.63, 3.8) is 0 Å². The molecule has 1 heterocycles. The normalized spacial score (nSPS) is 15.1. The zero-order valence-electron chi connectivity index (χ0n) is 11.8. The second-order valence-corrected chi connectivity index (χ2v) is 5.47. The van der Waals surface area contributed by atoms with E-state index < -0.39 is 11.7 Å². The van der Waals surface area contributed by atoms with Gasteiger partial charge in [0, 0.05) is 13.7 Å². The van der Waals surface area contributed by atoms with Crippen LogP contribution < -0.4 is 4.90 Å². The third-order valence-corrected chi connectivity index (χ3v) is 3.68. The molecule has 0 atom stereocenters. The highest BCUT2D eigenvalue weighted by atomic mass is 16.5. The molecule has 0 aliphatic carbocycles. The number of Topliss-reactive ketones (excluding diaryl/α,β-unsaturated/α-hetero) is 1. The van der Waals surface area contributed by atoms with Crippen molar-refractivity contribution in [1.82, 2.24) is 0 Å². The van der Waals surface area contributed by atoms with E-state index in [1.54, 1.807) is 18.1 Å². The van der Waals surface area contributed by atoms with Gasteiger partial charge in [0.1, 0.15) is 0 Å². The third kappa shape index (κ3) is 2.40. The van der Waals surface area contributed by atoms with Crippen molar-refractivity contribution in [3.8, 4) is 0 Å². The molecule has 1 aliphatic rings. The molecule has 0 N–H and O–H groups in total. The molecule has 0 unspecified atom stereocenters. The van der Waals surface area contributed by atoms with Gasteiger partial charge in [0.15, 0.2) is 0 Å². The van der Waals surface area contributed by atoms with Crippen molar-refractivity contribution in [2.45, 2.75) is 32.8 Å². The molecule has 4 nitrogen and oxygen atoms in total. The van der Waals surface area contributed by atoms with Gasteiger partial charge in [-0.2, -0.15) is 0 Å². The van der Waals surface area contributed by atoms with Crippen LogP contribution in [0.2, 0.25) is 0 Å². The summed E-state index contributed by atoms with van der Waals surface area (Å²) in [6.07, 6.45) is 0.677. The average Bonchev–Trinajstić information content (AvgIpc) is 2.62. The highest BCUT2D eigenvalue weighted by molar-refractivity contribution is 6.52. The molecule has 0 spiro atoms. The number of ketones is 1. The number of carbonyl (C=O) groups excluding carboxylic acids is 2. The molecule has 0 radical (unpaired) electrons. The summed E-state index contributed by atoms with van der Waals surface area (Å²) < 4.78 is 5.35. The number of para-hydroxylation sites is 1. The Balaban J connectivity index is 2.29. The van der Waals surface area contributed by atoms with Gasteiger partial charge < -0.3 is 9.64 Å². The predicted octanol–water partition coefficient (Wildman–Crippen LogP) is 2.34. The molecule has 2 rings (SSSR count). The Morgan fingerprint density at radius 1 is 1.26 bits per heavy atom. The number of benzene rings is 1. The largest absolute Gasteiger partial charge is 0.379 e. The first-order valence-corrected chi connectivity index (χ1v) is 6.38.